The van der Waals surface area contributed by atoms with Gasteiger partial charge in [0.15, 0.2) is 11.6 Å². The summed E-state index contributed by atoms with van der Waals surface area (Å²) in [7, 11) is 0. The summed E-state index contributed by atoms with van der Waals surface area (Å²) in [4.78, 5) is 0. The maximum atomic E-state index is 13.5. The van der Waals surface area contributed by atoms with Crippen molar-refractivity contribution in [3.05, 3.63) is 23.5 Å². The predicted octanol–water partition coefficient (Wildman–Crippen LogP) is 3.86. The Morgan fingerprint density at radius 2 is 2.11 bits per heavy atom. The molecule has 0 radical (unpaired) electrons. The second kappa shape index (κ2) is 8.25. The lowest BCUT2D eigenvalue weighted by Crippen LogP contribution is -2.21. The molecule has 0 aromatic heterocycles. The van der Waals surface area contributed by atoms with Gasteiger partial charge in [0, 0.05) is 12.5 Å². The monoisotopic (exact) mass is 259 g/mol. The first-order chi connectivity index (χ1) is 8.66. The molecular weight excluding hydrogens is 236 g/mol. The van der Waals surface area contributed by atoms with Gasteiger partial charge >= 0.3 is 0 Å². The predicted molar refractivity (Wildman–Crippen MR) is 69.5 cm³/mol. The molecule has 0 spiro atoms. The van der Waals surface area contributed by atoms with E-state index < -0.39 is 11.7 Å². The van der Waals surface area contributed by atoms with Gasteiger partial charge in [-0.25, -0.2) is 8.78 Å². The van der Waals surface area contributed by atoms with Crippen LogP contribution in [0.25, 0.3) is 0 Å². The zero-order valence-electron chi connectivity index (χ0n) is 11.3. The molecule has 1 N–H and O–H groups in total. The van der Waals surface area contributed by atoms with E-state index in [1.165, 1.54) is 12.8 Å². The van der Waals surface area contributed by atoms with Crippen LogP contribution < -0.4 is 5.32 Å². The van der Waals surface area contributed by atoms with E-state index in [0.717, 1.165) is 13.0 Å². The standard InChI is InChI=1S/C14H23F2NO/c1-3-4-5-8-17-9-10-18-12-7-6-11(2)13(15)14(12)16/h7,11,17H,3-6,8-10H2,1-2H3/t11-/m1/s1. The molecule has 1 aliphatic carbocycles. The van der Waals surface area contributed by atoms with Crippen molar-refractivity contribution in [2.45, 2.75) is 39.5 Å². The maximum Gasteiger partial charge on any atom is 0.196 e. The second-order valence-electron chi connectivity index (χ2n) is 4.67. The van der Waals surface area contributed by atoms with Crippen LogP contribution in [0.3, 0.4) is 0 Å². The van der Waals surface area contributed by atoms with Gasteiger partial charge in [-0.15, -0.1) is 0 Å². The normalized spacial score (nSPS) is 20.0. The van der Waals surface area contributed by atoms with Crippen LogP contribution in [0.1, 0.15) is 39.5 Å². The van der Waals surface area contributed by atoms with Crippen LogP contribution in [0.2, 0.25) is 0 Å². The van der Waals surface area contributed by atoms with E-state index in [0.29, 0.717) is 19.6 Å². The van der Waals surface area contributed by atoms with E-state index in [4.69, 9.17) is 4.74 Å². The number of nitrogens with one attached hydrogen (secondary N) is 1. The van der Waals surface area contributed by atoms with Gasteiger partial charge in [-0.1, -0.05) is 26.7 Å². The number of ether oxygens (including phenoxy) is 1. The summed E-state index contributed by atoms with van der Waals surface area (Å²) in [6.45, 7) is 5.79. The molecule has 0 amide bonds. The Balaban J connectivity index is 2.17. The topological polar surface area (TPSA) is 21.3 Å². The fourth-order valence-electron chi connectivity index (χ4n) is 1.79. The summed E-state index contributed by atoms with van der Waals surface area (Å²) in [5, 5.41) is 3.21. The smallest absolute Gasteiger partial charge is 0.196 e. The minimum absolute atomic E-state index is 0.0564. The zero-order valence-corrected chi connectivity index (χ0v) is 11.3. The summed E-state index contributed by atoms with van der Waals surface area (Å²) in [6.07, 6.45) is 5.66. The molecule has 0 aromatic carbocycles. The van der Waals surface area contributed by atoms with E-state index in [2.05, 4.69) is 12.2 Å². The molecule has 0 saturated carbocycles. The van der Waals surface area contributed by atoms with E-state index in [1.807, 2.05) is 0 Å². The highest BCUT2D eigenvalue weighted by atomic mass is 19.2. The van der Waals surface area contributed by atoms with Crippen molar-refractivity contribution in [2.24, 2.45) is 5.92 Å². The van der Waals surface area contributed by atoms with E-state index in [1.54, 1.807) is 13.0 Å². The van der Waals surface area contributed by atoms with Crippen LogP contribution in [-0.4, -0.2) is 19.7 Å². The molecule has 0 unspecified atom stereocenters. The average Bonchev–Trinajstić information content (AvgIpc) is 2.37. The van der Waals surface area contributed by atoms with Gasteiger partial charge in [-0.05, 0) is 25.5 Å². The summed E-state index contributed by atoms with van der Waals surface area (Å²) < 4.78 is 32.0. The molecule has 1 aliphatic rings. The van der Waals surface area contributed by atoms with Gasteiger partial charge in [0.2, 0.25) is 0 Å². The molecular formula is C14H23F2NO. The summed E-state index contributed by atoms with van der Waals surface area (Å²) in [5.74, 6) is -1.84. The SMILES string of the molecule is CCCCCNCCOC1=CC[C@@H](C)C(F)=C1F. The van der Waals surface area contributed by atoms with Gasteiger partial charge in [-0.3, -0.25) is 0 Å². The van der Waals surface area contributed by atoms with Crippen LogP contribution >= 0.6 is 0 Å². The van der Waals surface area contributed by atoms with Crippen LogP contribution in [-0.2, 0) is 4.74 Å². The summed E-state index contributed by atoms with van der Waals surface area (Å²) in [5.41, 5.74) is 0. The van der Waals surface area contributed by atoms with Crippen molar-refractivity contribution in [3.63, 3.8) is 0 Å². The number of rotatable bonds is 8. The highest BCUT2D eigenvalue weighted by molar-refractivity contribution is 5.27. The molecule has 1 rings (SSSR count). The number of halogens is 2. The Morgan fingerprint density at radius 3 is 2.83 bits per heavy atom. The van der Waals surface area contributed by atoms with Gasteiger partial charge in [0.05, 0.1) is 0 Å². The van der Waals surface area contributed by atoms with Crippen molar-refractivity contribution in [1.29, 1.82) is 0 Å². The molecule has 4 heteroatoms. The molecule has 0 fully saturated rings. The molecule has 0 heterocycles. The zero-order chi connectivity index (χ0) is 13.4. The minimum atomic E-state index is -0.834. The molecule has 104 valence electrons. The lowest BCUT2D eigenvalue weighted by atomic mass is 10.0. The number of hydrogen-bond donors (Lipinski definition) is 1. The van der Waals surface area contributed by atoms with Crippen molar-refractivity contribution in [1.82, 2.24) is 5.32 Å². The maximum absolute atomic E-state index is 13.5. The van der Waals surface area contributed by atoms with Gasteiger partial charge in [0.25, 0.3) is 0 Å². The number of unbranched alkanes of at least 4 members (excludes halogenated alkanes) is 2. The molecule has 18 heavy (non-hydrogen) atoms. The van der Waals surface area contributed by atoms with Crippen LogP contribution in [0.4, 0.5) is 8.78 Å². The molecule has 0 aliphatic heterocycles. The Kier molecular flexibility index (Phi) is 6.94. The number of allylic oxidation sites excluding steroid dienone is 3. The number of hydrogen-bond acceptors (Lipinski definition) is 2. The fraction of sp³-hybridized carbons (Fsp3) is 0.714. The van der Waals surface area contributed by atoms with E-state index in [9.17, 15) is 8.78 Å². The van der Waals surface area contributed by atoms with Crippen molar-refractivity contribution >= 4 is 0 Å². The Morgan fingerprint density at radius 1 is 1.33 bits per heavy atom. The molecule has 1 atom stereocenters. The molecule has 0 aromatic rings. The van der Waals surface area contributed by atoms with Crippen LogP contribution in [0.15, 0.2) is 23.5 Å². The largest absolute Gasteiger partial charge is 0.489 e. The van der Waals surface area contributed by atoms with E-state index >= 15 is 0 Å². The first kappa shape index (κ1) is 15.2. The summed E-state index contributed by atoms with van der Waals surface area (Å²) in [6, 6.07) is 0. The lowest BCUT2D eigenvalue weighted by molar-refractivity contribution is 0.199. The van der Waals surface area contributed by atoms with Crippen LogP contribution in [0, 0.1) is 5.92 Å². The van der Waals surface area contributed by atoms with Gasteiger partial charge in [-0.2, -0.15) is 0 Å². The van der Waals surface area contributed by atoms with Crippen molar-refractivity contribution in [3.8, 4) is 0 Å². The van der Waals surface area contributed by atoms with Crippen LogP contribution in [0.5, 0.6) is 0 Å². The van der Waals surface area contributed by atoms with E-state index in [-0.39, 0.29) is 11.7 Å². The summed E-state index contributed by atoms with van der Waals surface area (Å²) >= 11 is 0. The Bertz CT molecular complexity index is 313. The Hall–Kier alpha value is -0.900. The average molecular weight is 259 g/mol. The molecule has 0 bridgehead atoms. The minimum Gasteiger partial charge on any atom is -0.489 e. The quantitative estimate of drug-likeness (QED) is 0.668. The van der Waals surface area contributed by atoms with Crippen molar-refractivity contribution < 1.29 is 13.5 Å². The lowest BCUT2D eigenvalue weighted by Gasteiger charge is -2.17. The third-order valence-electron chi connectivity index (χ3n) is 3.01. The first-order valence-corrected chi connectivity index (χ1v) is 6.76. The fourth-order valence-corrected chi connectivity index (χ4v) is 1.79. The van der Waals surface area contributed by atoms with Crippen molar-refractivity contribution in [2.75, 3.05) is 19.7 Å². The Labute approximate surface area is 108 Å². The third kappa shape index (κ3) is 4.77. The van der Waals surface area contributed by atoms with Gasteiger partial charge < -0.3 is 10.1 Å². The first-order valence-electron chi connectivity index (χ1n) is 6.76. The molecule has 2 nitrogen and oxygen atoms in total. The molecule has 0 saturated heterocycles. The highest BCUT2D eigenvalue weighted by Gasteiger charge is 2.22. The highest BCUT2D eigenvalue weighted by Crippen LogP contribution is 2.31. The second-order valence-corrected chi connectivity index (χ2v) is 4.67. The third-order valence-corrected chi connectivity index (χ3v) is 3.01. The van der Waals surface area contributed by atoms with Gasteiger partial charge in [0.1, 0.15) is 12.4 Å².